The van der Waals surface area contributed by atoms with Gasteiger partial charge in [0.2, 0.25) is 0 Å². The Morgan fingerprint density at radius 1 is 1.13 bits per heavy atom. The zero-order valence-corrected chi connectivity index (χ0v) is 7.83. The summed E-state index contributed by atoms with van der Waals surface area (Å²) in [5, 5.41) is 7.17. The molecule has 4 heteroatoms. The highest BCUT2D eigenvalue weighted by Gasteiger charge is 2.06. The summed E-state index contributed by atoms with van der Waals surface area (Å²) in [6.45, 7) is 0. The van der Waals surface area contributed by atoms with Crippen LogP contribution in [0.2, 0.25) is 0 Å². The van der Waals surface area contributed by atoms with Crippen LogP contribution >= 0.6 is 0 Å². The molecular formula is C11H9FN2O. The van der Waals surface area contributed by atoms with E-state index in [1.165, 1.54) is 12.1 Å². The van der Waals surface area contributed by atoms with Crippen molar-refractivity contribution in [2.75, 3.05) is 0 Å². The molecule has 0 fully saturated rings. The summed E-state index contributed by atoms with van der Waals surface area (Å²) in [5.74, 6) is 0.468. The fourth-order valence-corrected chi connectivity index (χ4v) is 1.25. The van der Waals surface area contributed by atoms with Gasteiger partial charge in [0.1, 0.15) is 11.6 Å². The minimum atomic E-state index is -0.294. The van der Waals surface area contributed by atoms with E-state index >= 15 is 0 Å². The topological polar surface area (TPSA) is 63.0 Å². The van der Waals surface area contributed by atoms with Crippen LogP contribution in [0.1, 0.15) is 5.76 Å². The van der Waals surface area contributed by atoms with Crippen molar-refractivity contribution in [3.05, 3.63) is 48.0 Å². The smallest absolute Gasteiger partial charge is 0.168 e. The first-order chi connectivity index (χ1) is 7.16. The van der Waals surface area contributed by atoms with Crippen LogP contribution in [0.15, 0.2) is 40.8 Å². The van der Waals surface area contributed by atoms with Gasteiger partial charge in [-0.1, -0.05) is 0 Å². The van der Waals surface area contributed by atoms with Gasteiger partial charge >= 0.3 is 0 Å². The lowest BCUT2D eigenvalue weighted by atomic mass is 10.2. The first-order valence-corrected chi connectivity index (χ1v) is 4.37. The van der Waals surface area contributed by atoms with Crippen molar-refractivity contribution in [1.29, 1.82) is 5.41 Å². The summed E-state index contributed by atoms with van der Waals surface area (Å²) in [6, 6.07) is 9.23. The Labute approximate surface area is 85.8 Å². The molecular weight excluding hydrogens is 195 g/mol. The Morgan fingerprint density at radius 3 is 2.33 bits per heavy atom. The second-order valence-electron chi connectivity index (χ2n) is 3.08. The Bertz CT molecular complexity index is 488. The van der Waals surface area contributed by atoms with Crippen LogP contribution in [0, 0.1) is 11.2 Å². The van der Waals surface area contributed by atoms with E-state index in [0.717, 1.165) is 5.56 Å². The van der Waals surface area contributed by atoms with Crippen molar-refractivity contribution in [3.8, 4) is 11.3 Å². The molecule has 0 aliphatic heterocycles. The number of rotatable bonds is 2. The number of nitrogens with two attached hydrogens (primary N) is 1. The first-order valence-electron chi connectivity index (χ1n) is 4.37. The van der Waals surface area contributed by atoms with E-state index in [9.17, 15) is 4.39 Å². The summed E-state index contributed by atoms with van der Waals surface area (Å²) in [6.07, 6.45) is 0. The molecule has 0 bridgehead atoms. The van der Waals surface area contributed by atoms with Gasteiger partial charge in [0.25, 0.3) is 0 Å². The van der Waals surface area contributed by atoms with Crippen LogP contribution in [0.25, 0.3) is 11.3 Å². The molecule has 3 nitrogen and oxygen atoms in total. The van der Waals surface area contributed by atoms with E-state index < -0.39 is 0 Å². The van der Waals surface area contributed by atoms with Gasteiger partial charge < -0.3 is 10.2 Å². The van der Waals surface area contributed by atoms with E-state index in [1.807, 2.05) is 0 Å². The van der Waals surface area contributed by atoms with Crippen molar-refractivity contribution in [3.63, 3.8) is 0 Å². The molecule has 0 unspecified atom stereocenters. The van der Waals surface area contributed by atoms with Crippen LogP contribution in [-0.4, -0.2) is 5.84 Å². The highest BCUT2D eigenvalue weighted by molar-refractivity contribution is 5.92. The molecule has 1 aromatic carbocycles. The molecule has 0 aliphatic rings. The average Bonchev–Trinajstić information content (AvgIpc) is 2.68. The van der Waals surface area contributed by atoms with E-state index in [2.05, 4.69) is 0 Å². The summed E-state index contributed by atoms with van der Waals surface area (Å²) in [7, 11) is 0. The zero-order chi connectivity index (χ0) is 10.8. The summed E-state index contributed by atoms with van der Waals surface area (Å²) in [5.41, 5.74) is 6.01. The second-order valence-corrected chi connectivity index (χ2v) is 3.08. The predicted molar refractivity (Wildman–Crippen MR) is 55.1 cm³/mol. The normalized spacial score (nSPS) is 10.2. The monoisotopic (exact) mass is 204 g/mol. The number of benzene rings is 1. The van der Waals surface area contributed by atoms with Gasteiger partial charge in [-0.15, -0.1) is 0 Å². The first kappa shape index (κ1) is 9.45. The molecule has 1 aromatic heterocycles. The number of halogens is 1. The van der Waals surface area contributed by atoms with E-state index in [1.54, 1.807) is 24.3 Å². The van der Waals surface area contributed by atoms with Crippen molar-refractivity contribution >= 4 is 5.84 Å². The maximum absolute atomic E-state index is 12.7. The lowest BCUT2D eigenvalue weighted by Crippen LogP contribution is -2.09. The second kappa shape index (κ2) is 3.57. The van der Waals surface area contributed by atoms with Crippen LogP contribution < -0.4 is 5.73 Å². The van der Waals surface area contributed by atoms with E-state index in [4.69, 9.17) is 15.6 Å². The molecule has 0 aliphatic carbocycles. The Morgan fingerprint density at radius 2 is 1.80 bits per heavy atom. The Kier molecular flexibility index (Phi) is 2.25. The van der Waals surface area contributed by atoms with Gasteiger partial charge in [-0.3, -0.25) is 5.41 Å². The van der Waals surface area contributed by atoms with Gasteiger partial charge in [-0.05, 0) is 36.4 Å². The lowest BCUT2D eigenvalue weighted by molar-refractivity contribution is 0.570. The largest absolute Gasteiger partial charge is 0.453 e. The van der Waals surface area contributed by atoms with E-state index in [-0.39, 0.29) is 11.7 Å². The third-order valence-corrected chi connectivity index (χ3v) is 2.00. The number of hydrogen-bond acceptors (Lipinski definition) is 2. The molecule has 2 aromatic rings. The molecule has 0 radical (unpaired) electrons. The van der Waals surface area contributed by atoms with Crippen molar-refractivity contribution in [2.24, 2.45) is 5.73 Å². The van der Waals surface area contributed by atoms with Gasteiger partial charge in [0.15, 0.2) is 11.6 Å². The molecule has 1 heterocycles. The molecule has 0 atom stereocenters. The fraction of sp³-hybridized carbons (Fsp3) is 0. The molecule has 2 rings (SSSR count). The summed E-state index contributed by atoms with van der Waals surface area (Å²) in [4.78, 5) is 0. The van der Waals surface area contributed by atoms with Crippen molar-refractivity contribution < 1.29 is 8.81 Å². The van der Waals surface area contributed by atoms with Crippen molar-refractivity contribution in [2.45, 2.75) is 0 Å². The quantitative estimate of drug-likeness (QED) is 0.582. The number of amidine groups is 1. The minimum absolute atomic E-state index is 0.122. The number of hydrogen-bond donors (Lipinski definition) is 2. The fourth-order valence-electron chi connectivity index (χ4n) is 1.25. The van der Waals surface area contributed by atoms with Gasteiger partial charge in [-0.25, -0.2) is 4.39 Å². The number of nitrogen functional groups attached to an aromatic ring is 1. The average molecular weight is 204 g/mol. The molecule has 3 N–H and O–H groups in total. The van der Waals surface area contributed by atoms with Gasteiger partial charge in [-0.2, -0.15) is 0 Å². The van der Waals surface area contributed by atoms with E-state index in [0.29, 0.717) is 11.5 Å². The Hall–Kier alpha value is -2.10. The number of nitrogens with one attached hydrogen (secondary N) is 1. The lowest BCUT2D eigenvalue weighted by Gasteiger charge is -1.96. The maximum Gasteiger partial charge on any atom is 0.168 e. The van der Waals surface area contributed by atoms with Gasteiger partial charge in [0.05, 0.1) is 0 Å². The predicted octanol–water partition coefficient (Wildman–Crippen LogP) is 2.37. The third kappa shape index (κ3) is 1.88. The SMILES string of the molecule is N=C(N)c1ccc(-c2ccc(F)cc2)o1. The van der Waals surface area contributed by atoms with Crippen LogP contribution in [0.3, 0.4) is 0 Å². The molecule has 15 heavy (non-hydrogen) atoms. The van der Waals surface area contributed by atoms with Gasteiger partial charge in [0, 0.05) is 5.56 Å². The molecule has 0 saturated heterocycles. The molecule has 0 amide bonds. The third-order valence-electron chi connectivity index (χ3n) is 2.00. The standard InChI is InChI=1S/C11H9FN2O/c12-8-3-1-7(2-4-8)9-5-6-10(15-9)11(13)14/h1-6H,(H3,13,14). The maximum atomic E-state index is 12.7. The molecule has 0 spiro atoms. The van der Waals surface area contributed by atoms with Crippen LogP contribution in [0.4, 0.5) is 4.39 Å². The highest BCUT2D eigenvalue weighted by atomic mass is 19.1. The highest BCUT2D eigenvalue weighted by Crippen LogP contribution is 2.21. The summed E-state index contributed by atoms with van der Waals surface area (Å²) < 4.78 is 18.0. The molecule has 0 saturated carbocycles. The van der Waals surface area contributed by atoms with Crippen LogP contribution in [0.5, 0.6) is 0 Å². The molecule has 76 valence electrons. The van der Waals surface area contributed by atoms with Crippen LogP contribution in [-0.2, 0) is 0 Å². The van der Waals surface area contributed by atoms with Crippen molar-refractivity contribution in [1.82, 2.24) is 0 Å². The Balaban J connectivity index is 2.37. The minimum Gasteiger partial charge on any atom is -0.453 e. The summed E-state index contributed by atoms with van der Waals surface area (Å²) >= 11 is 0. The zero-order valence-electron chi connectivity index (χ0n) is 7.83. The number of furan rings is 1.